The minimum Gasteiger partial charge on any atom is -0.230 e. The molecule has 1 aromatic heterocycles. The Bertz CT molecular complexity index is 389. The molecule has 2 aromatic rings. The van der Waals surface area contributed by atoms with Crippen LogP contribution in [0.3, 0.4) is 0 Å². The summed E-state index contributed by atoms with van der Waals surface area (Å²) in [5.41, 5.74) is 1.13. The van der Waals surface area contributed by atoms with E-state index < -0.39 is 0 Å². The van der Waals surface area contributed by atoms with Gasteiger partial charge in [0.15, 0.2) is 4.34 Å². The Labute approximate surface area is 92.6 Å². The molecule has 0 aliphatic carbocycles. The second-order valence-electron chi connectivity index (χ2n) is 3.28. The summed E-state index contributed by atoms with van der Waals surface area (Å²) < 4.78 is 2.49. The maximum atomic E-state index is 4.58. The van der Waals surface area contributed by atoms with Crippen LogP contribution in [0, 0.1) is 0 Å². The van der Waals surface area contributed by atoms with E-state index in [1.165, 1.54) is 15.5 Å². The highest BCUT2D eigenvalue weighted by Crippen LogP contribution is 2.32. The van der Waals surface area contributed by atoms with Crippen LogP contribution in [0.4, 0.5) is 0 Å². The van der Waals surface area contributed by atoms with E-state index >= 15 is 0 Å². The van der Waals surface area contributed by atoms with E-state index in [1.54, 1.807) is 11.3 Å². The molecule has 14 heavy (non-hydrogen) atoms. The van der Waals surface area contributed by atoms with E-state index in [0.29, 0.717) is 5.25 Å². The lowest BCUT2D eigenvalue weighted by atomic mass is 10.3. The van der Waals surface area contributed by atoms with Crippen molar-refractivity contribution in [3.8, 4) is 0 Å². The quantitative estimate of drug-likeness (QED) is 0.724. The van der Waals surface area contributed by atoms with Gasteiger partial charge in [-0.1, -0.05) is 37.7 Å². The largest absolute Gasteiger partial charge is 0.230 e. The lowest BCUT2D eigenvalue weighted by Gasteiger charge is -2.02. The predicted molar refractivity (Wildman–Crippen MR) is 65.2 cm³/mol. The molecule has 0 saturated heterocycles. The average molecular weight is 223 g/mol. The average Bonchev–Trinajstić information content (AvgIpc) is 2.59. The van der Waals surface area contributed by atoms with Gasteiger partial charge in [0, 0.05) is 5.25 Å². The molecule has 0 aliphatic rings. The highest BCUT2D eigenvalue weighted by Gasteiger charge is 2.06. The summed E-state index contributed by atoms with van der Waals surface area (Å²) in [4.78, 5) is 4.58. The van der Waals surface area contributed by atoms with E-state index in [9.17, 15) is 0 Å². The fraction of sp³-hybridized carbons (Fsp3) is 0.364. The number of thioether (sulfide) groups is 1. The number of aromatic nitrogens is 1. The van der Waals surface area contributed by atoms with E-state index in [2.05, 4.69) is 37.0 Å². The SMILES string of the molecule is CC[C@@H](C)Sc1nc2ccccc2s1. The molecule has 1 atom stereocenters. The molecule has 3 heteroatoms. The molecule has 1 aromatic carbocycles. The van der Waals surface area contributed by atoms with Crippen molar-refractivity contribution in [3.05, 3.63) is 24.3 Å². The van der Waals surface area contributed by atoms with Crippen LogP contribution in [-0.4, -0.2) is 10.2 Å². The zero-order valence-corrected chi connectivity index (χ0v) is 9.99. The molecule has 0 aliphatic heterocycles. The van der Waals surface area contributed by atoms with Gasteiger partial charge in [-0.2, -0.15) is 0 Å². The molecule has 0 saturated carbocycles. The van der Waals surface area contributed by atoms with Crippen molar-refractivity contribution in [1.29, 1.82) is 0 Å². The van der Waals surface area contributed by atoms with Gasteiger partial charge >= 0.3 is 0 Å². The van der Waals surface area contributed by atoms with Crippen LogP contribution in [0.15, 0.2) is 28.6 Å². The van der Waals surface area contributed by atoms with E-state index in [1.807, 2.05) is 17.8 Å². The molecule has 0 bridgehead atoms. The van der Waals surface area contributed by atoms with Crippen LogP contribution in [0.25, 0.3) is 10.2 Å². The highest BCUT2D eigenvalue weighted by atomic mass is 32.2. The first-order valence-corrected chi connectivity index (χ1v) is 6.51. The molecule has 0 spiro atoms. The number of fused-ring (bicyclic) bond motifs is 1. The second-order valence-corrected chi connectivity index (χ2v) is 6.00. The molecule has 0 amide bonds. The normalized spacial score (nSPS) is 13.3. The minimum absolute atomic E-state index is 0.663. The van der Waals surface area contributed by atoms with E-state index in [0.717, 1.165) is 5.52 Å². The first-order chi connectivity index (χ1) is 6.79. The Balaban J connectivity index is 2.27. The molecular weight excluding hydrogens is 210 g/mol. The summed E-state index contributed by atoms with van der Waals surface area (Å²) in [6.07, 6.45) is 1.20. The summed E-state index contributed by atoms with van der Waals surface area (Å²) in [6, 6.07) is 8.32. The van der Waals surface area contributed by atoms with Gasteiger partial charge in [-0.3, -0.25) is 0 Å². The van der Waals surface area contributed by atoms with Crippen molar-refractivity contribution in [2.24, 2.45) is 0 Å². The molecule has 0 fully saturated rings. The van der Waals surface area contributed by atoms with Crippen LogP contribution < -0.4 is 0 Å². The Kier molecular flexibility index (Phi) is 3.08. The van der Waals surface area contributed by atoms with Crippen LogP contribution in [0.5, 0.6) is 0 Å². The van der Waals surface area contributed by atoms with Crippen molar-refractivity contribution in [3.63, 3.8) is 0 Å². The first kappa shape index (κ1) is 9.99. The van der Waals surface area contributed by atoms with Crippen LogP contribution in [0.2, 0.25) is 0 Å². The Morgan fingerprint density at radius 3 is 2.93 bits per heavy atom. The number of nitrogens with zero attached hydrogens (tertiary/aromatic N) is 1. The number of thiazole rings is 1. The number of hydrogen-bond donors (Lipinski definition) is 0. The highest BCUT2D eigenvalue weighted by molar-refractivity contribution is 8.01. The van der Waals surface area contributed by atoms with E-state index in [4.69, 9.17) is 0 Å². The van der Waals surface area contributed by atoms with Gasteiger partial charge in [-0.25, -0.2) is 4.98 Å². The van der Waals surface area contributed by atoms with Crippen LogP contribution in [-0.2, 0) is 0 Å². The molecule has 0 radical (unpaired) electrons. The van der Waals surface area contributed by atoms with Crippen molar-refractivity contribution in [2.75, 3.05) is 0 Å². The third kappa shape index (κ3) is 2.10. The summed E-state index contributed by atoms with van der Waals surface area (Å²) in [5, 5.41) is 0.663. The predicted octanol–water partition coefficient (Wildman–Crippen LogP) is 4.19. The summed E-state index contributed by atoms with van der Waals surface area (Å²) >= 11 is 3.67. The van der Waals surface area contributed by atoms with Gasteiger partial charge in [0.05, 0.1) is 10.2 Å². The van der Waals surface area contributed by atoms with Crippen molar-refractivity contribution >= 4 is 33.3 Å². The molecule has 0 N–H and O–H groups in total. The van der Waals surface area contributed by atoms with Gasteiger partial charge < -0.3 is 0 Å². The minimum atomic E-state index is 0.663. The van der Waals surface area contributed by atoms with Crippen molar-refractivity contribution < 1.29 is 0 Å². The third-order valence-electron chi connectivity index (χ3n) is 2.15. The smallest absolute Gasteiger partial charge is 0.151 e. The van der Waals surface area contributed by atoms with Crippen molar-refractivity contribution in [2.45, 2.75) is 29.9 Å². The lowest BCUT2D eigenvalue weighted by Crippen LogP contribution is -1.90. The topological polar surface area (TPSA) is 12.9 Å². The maximum Gasteiger partial charge on any atom is 0.151 e. The maximum absolute atomic E-state index is 4.58. The molecule has 1 nitrogen and oxygen atoms in total. The lowest BCUT2D eigenvalue weighted by molar-refractivity contribution is 0.905. The summed E-state index contributed by atoms with van der Waals surface area (Å²) in [6.45, 7) is 4.46. The zero-order valence-electron chi connectivity index (χ0n) is 8.36. The molecule has 0 unspecified atom stereocenters. The number of hydrogen-bond acceptors (Lipinski definition) is 3. The van der Waals surface area contributed by atoms with Crippen LogP contribution >= 0.6 is 23.1 Å². The molecular formula is C11H13NS2. The third-order valence-corrected chi connectivity index (χ3v) is 4.55. The fourth-order valence-corrected chi connectivity index (χ4v) is 3.47. The molecule has 1 heterocycles. The Morgan fingerprint density at radius 2 is 2.21 bits per heavy atom. The standard InChI is InChI=1S/C11H13NS2/c1-3-8(2)13-11-12-9-6-4-5-7-10(9)14-11/h4-8H,3H2,1-2H3/t8-/m1/s1. The molecule has 74 valence electrons. The van der Waals surface area contributed by atoms with Gasteiger partial charge in [-0.05, 0) is 18.6 Å². The monoisotopic (exact) mass is 223 g/mol. The van der Waals surface area contributed by atoms with Crippen molar-refractivity contribution in [1.82, 2.24) is 4.98 Å². The Hall–Kier alpha value is -0.540. The second kappa shape index (κ2) is 4.32. The van der Waals surface area contributed by atoms with Gasteiger partial charge in [-0.15, -0.1) is 11.3 Å². The molecule has 2 rings (SSSR count). The number of para-hydroxylation sites is 1. The fourth-order valence-electron chi connectivity index (χ4n) is 1.16. The number of rotatable bonds is 3. The van der Waals surface area contributed by atoms with Gasteiger partial charge in [0.1, 0.15) is 0 Å². The number of benzene rings is 1. The summed E-state index contributed by atoms with van der Waals surface area (Å²) in [5.74, 6) is 0. The van der Waals surface area contributed by atoms with E-state index in [-0.39, 0.29) is 0 Å². The van der Waals surface area contributed by atoms with Crippen LogP contribution in [0.1, 0.15) is 20.3 Å². The van der Waals surface area contributed by atoms with Gasteiger partial charge in [0.2, 0.25) is 0 Å². The Morgan fingerprint density at radius 1 is 1.43 bits per heavy atom. The first-order valence-electron chi connectivity index (χ1n) is 4.82. The zero-order chi connectivity index (χ0) is 9.97. The summed E-state index contributed by atoms with van der Waals surface area (Å²) in [7, 11) is 0. The van der Waals surface area contributed by atoms with Gasteiger partial charge in [0.25, 0.3) is 0 Å².